The summed E-state index contributed by atoms with van der Waals surface area (Å²) in [5.74, 6) is 0.194. The van der Waals surface area contributed by atoms with Crippen molar-refractivity contribution >= 4 is 29.2 Å². The Hall–Kier alpha value is -3.15. The number of ether oxygens (including phenoxy) is 1. The van der Waals surface area contributed by atoms with Gasteiger partial charge in [-0.2, -0.15) is 0 Å². The van der Waals surface area contributed by atoms with Crippen molar-refractivity contribution in [3.05, 3.63) is 59.7 Å². The smallest absolute Gasteiger partial charge is 0.412 e. The highest BCUT2D eigenvalue weighted by molar-refractivity contribution is 5.93. The molecule has 6 nitrogen and oxygen atoms in total. The van der Waals surface area contributed by atoms with Crippen LogP contribution in [-0.4, -0.2) is 23.4 Å². The average Bonchev–Trinajstić information content (AvgIpc) is 2.75. The molecule has 1 fully saturated rings. The number of Topliss-reactive ketones (excluding diaryl/α,β-unsaturated/α-hetero) is 1. The van der Waals surface area contributed by atoms with Crippen molar-refractivity contribution < 1.29 is 19.1 Å². The molecule has 176 valence electrons. The van der Waals surface area contributed by atoms with Gasteiger partial charge in [-0.25, -0.2) is 4.79 Å². The van der Waals surface area contributed by atoms with Crippen molar-refractivity contribution in [2.45, 2.75) is 65.4 Å². The highest BCUT2D eigenvalue weighted by atomic mass is 16.6. The molecule has 0 aromatic heterocycles. The van der Waals surface area contributed by atoms with Crippen LogP contribution in [0.25, 0.3) is 0 Å². The second-order valence-electron chi connectivity index (χ2n) is 9.87. The molecule has 0 aliphatic heterocycles. The average molecular weight is 451 g/mol. The maximum absolute atomic E-state index is 12.8. The molecule has 2 N–H and O–H groups in total. The minimum atomic E-state index is -0.559. The SMILES string of the molecule is Cc1ccc(NC(=O)C2CCC(C(=O)Cc3ccc(NC(=O)OC(C)(C)C)cc3)CC2)cc1. The zero-order valence-corrected chi connectivity index (χ0v) is 19.9. The number of aryl methyl sites for hydroxylation is 1. The maximum Gasteiger partial charge on any atom is 0.412 e. The quantitative estimate of drug-likeness (QED) is 0.574. The molecule has 0 atom stereocenters. The Morgan fingerprint density at radius 1 is 0.818 bits per heavy atom. The van der Waals surface area contributed by atoms with Crippen LogP contribution in [0.5, 0.6) is 0 Å². The molecule has 6 heteroatoms. The predicted octanol–water partition coefficient (Wildman–Crippen LogP) is 5.90. The Labute approximate surface area is 196 Å². The fourth-order valence-corrected chi connectivity index (χ4v) is 4.03. The third-order valence-electron chi connectivity index (χ3n) is 5.85. The zero-order valence-electron chi connectivity index (χ0n) is 19.9. The van der Waals surface area contributed by atoms with E-state index < -0.39 is 11.7 Å². The van der Waals surface area contributed by atoms with Crippen LogP contribution in [0.3, 0.4) is 0 Å². The van der Waals surface area contributed by atoms with E-state index in [-0.39, 0.29) is 23.5 Å². The summed E-state index contributed by atoms with van der Waals surface area (Å²) in [4.78, 5) is 37.2. The summed E-state index contributed by atoms with van der Waals surface area (Å²) in [5, 5.41) is 5.68. The van der Waals surface area contributed by atoms with Gasteiger partial charge >= 0.3 is 6.09 Å². The summed E-state index contributed by atoms with van der Waals surface area (Å²) in [6.45, 7) is 7.45. The van der Waals surface area contributed by atoms with Gasteiger partial charge in [0.25, 0.3) is 0 Å². The van der Waals surface area contributed by atoms with Gasteiger partial charge in [0, 0.05) is 29.6 Å². The molecular weight excluding hydrogens is 416 g/mol. The molecule has 0 radical (unpaired) electrons. The monoisotopic (exact) mass is 450 g/mol. The Bertz CT molecular complexity index is 967. The van der Waals surface area contributed by atoms with Gasteiger partial charge < -0.3 is 10.1 Å². The van der Waals surface area contributed by atoms with Crippen LogP contribution < -0.4 is 10.6 Å². The highest BCUT2D eigenvalue weighted by Gasteiger charge is 2.29. The van der Waals surface area contributed by atoms with Crippen LogP contribution in [0.2, 0.25) is 0 Å². The number of ketones is 1. The Balaban J connectivity index is 1.44. The molecule has 0 heterocycles. The number of carbonyl (C=O) groups is 3. The topological polar surface area (TPSA) is 84.5 Å². The molecule has 2 aromatic rings. The third kappa shape index (κ3) is 7.74. The maximum atomic E-state index is 12.8. The lowest BCUT2D eigenvalue weighted by Crippen LogP contribution is -2.30. The summed E-state index contributed by atoms with van der Waals surface area (Å²) in [5.41, 5.74) is 2.94. The lowest BCUT2D eigenvalue weighted by molar-refractivity contribution is -0.126. The normalized spacial score (nSPS) is 18.3. The fraction of sp³-hybridized carbons (Fsp3) is 0.444. The van der Waals surface area contributed by atoms with Gasteiger partial charge in [-0.05, 0) is 83.2 Å². The van der Waals surface area contributed by atoms with Gasteiger partial charge in [0.1, 0.15) is 11.4 Å². The van der Waals surface area contributed by atoms with Gasteiger partial charge in [-0.1, -0.05) is 29.8 Å². The van der Waals surface area contributed by atoms with Crippen LogP contribution in [0.4, 0.5) is 16.2 Å². The molecule has 0 bridgehead atoms. The van der Waals surface area contributed by atoms with Crippen LogP contribution in [-0.2, 0) is 20.7 Å². The highest BCUT2D eigenvalue weighted by Crippen LogP contribution is 2.31. The number of hydrogen-bond acceptors (Lipinski definition) is 4. The van der Waals surface area contributed by atoms with Crippen LogP contribution in [0, 0.1) is 18.8 Å². The summed E-state index contributed by atoms with van der Waals surface area (Å²) in [7, 11) is 0. The van der Waals surface area contributed by atoms with Gasteiger partial charge in [-0.15, -0.1) is 0 Å². The summed E-state index contributed by atoms with van der Waals surface area (Å²) in [6.07, 6.45) is 2.79. The van der Waals surface area contributed by atoms with Gasteiger partial charge in [0.2, 0.25) is 5.91 Å². The van der Waals surface area contributed by atoms with E-state index in [1.807, 2.05) is 64.1 Å². The minimum Gasteiger partial charge on any atom is -0.444 e. The van der Waals surface area contributed by atoms with Gasteiger partial charge in [0.05, 0.1) is 0 Å². The first-order chi connectivity index (χ1) is 15.6. The van der Waals surface area contributed by atoms with E-state index in [0.29, 0.717) is 12.1 Å². The Morgan fingerprint density at radius 3 is 1.91 bits per heavy atom. The van der Waals surface area contributed by atoms with Gasteiger partial charge in [0.15, 0.2) is 0 Å². The molecule has 33 heavy (non-hydrogen) atoms. The Morgan fingerprint density at radius 2 is 1.33 bits per heavy atom. The van der Waals surface area contributed by atoms with Crippen LogP contribution >= 0.6 is 0 Å². The lowest BCUT2D eigenvalue weighted by Gasteiger charge is -2.27. The fourth-order valence-electron chi connectivity index (χ4n) is 4.03. The first-order valence-corrected chi connectivity index (χ1v) is 11.6. The molecule has 0 saturated heterocycles. The standard InChI is InChI=1S/C27H34N2O4/c1-18-5-13-22(14-6-18)28-25(31)21-11-9-20(10-12-21)24(30)17-19-7-15-23(16-8-19)29-26(32)33-27(2,3)4/h5-8,13-16,20-21H,9-12,17H2,1-4H3,(H,28,31)(H,29,32). The molecule has 2 amide bonds. The van der Waals surface area contributed by atoms with Crippen molar-refractivity contribution in [2.24, 2.45) is 11.8 Å². The molecule has 1 saturated carbocycles. The number of nitrogens with one attached hydrogen (secondary N) is 2. The van der Waals surface area contributed by atoms with E-state index >= 15 is 0 Å². The van der Waals surface area contributed by atoms with E-state index in [9.17, 15) is 14.4 Å². The predicted molar refractivity (Wildman–Crippen MR) is 130 cm³/mol. The van der Waals surface area contributed by atoms with E-state index in [4.69, 9.17) is 4.74 Å². The van der Waals surface area contributed by atoms with Crippen molar-refractivity contribution in [3.63, 3.8) is 0 Å². The van der Waals surface area contributed by atoms with E-state index in [2.05, 4.69) is 10.6 Å². The first-order valence-electron chi connectivity index (χ1n) is 11.6. The number of rotatable bonds is 6. The minimum absolute atomic E-state index is 0.00649. The lowest BCUT2D eigenvalue weighted by atomic mass is 9.78. The largest absolute Gasteiger partial charge is 0.444 e. The van der Waals surface area contributed by atoms with Crippen LogP contribution in [0.15, 0.2) is 48.5 Å². The Kier molecular flexibility index (Phi) is 7.90. The number of benzene rings is 2. The van der Waals surface area contributed by atoms with Crippen molar-refractivity contribution in [1.29, 1.82) is 0 Å². The summed E-state index contributed by atoms with van der Waals surface area (Å²) >= 11 is 0. The van der Waals surface area contributed by atoms with Gasteiger partial charge in [-0.3, -0.25) is 14.9 Å². The number of amides is 2. The number of anilines is 2. The zero-order chi connectivity index (χ0) is 24.0. The van der Waals surface area contributed by atoms with E-state index in [0.717, 1.165) is 42.5 Å². The molecule has 1 aliphatic rings. The third-order valence-corrected chi connectivity index (χ3v) is 5.85. The number of hydrogen-bond donors (Lipinski definition) is 2. The molecule has 3 rings (SSSR count). The summed E-state index contributed by atoms with van der Waals surface area (Å²) in [6, 6.07) is 15.0. The van der Waals surface area contributed by atoms with E-state index in [1.54, 1.807) is 12.1 Å². The van der Waals surface area contributed by atoms with Crippen LogP contribution in [0.1, 0.15) is 57.6 Å². The molecular formula is C27H34N2O4. The molecule has 0 unspecified atom stereocenters. The molecule has 0 spiro atoms. The first kappa shape index (κ1) is 24.5. The van der Waals surface area contributed by atoms with Crippen molar-refractivity contribution in [1.82, 2.24) is 0 Å². The number of carbonyl (C=O) groups excluding carboxylic acids is 3. The second kappa shape index (κ2) is 10.6. The summed E-state index contributed by atoms with van der Waals surface area (Å²) < 4.78 is 5.25. The molecule has 2 aromatic carbocycles. The van der Waals surface area contributed by atoms with Crippen molar-refractivity contribution in [3.8, 4) is 0 Å². The second-order valence-corrected chi connectivity index (χ2v) is 9.87. The van der Waals surface area contributed by atoms with Crippen molar-refractivity contribution in [2.75, 3.05) is 10.6 Å². The van der Waals surface area contributed by atoms with E-state index in [1.165, 1.54) is 0 Å². The molecule has 1 aliphatic carbocycles.